The van der Waals surface area contributed by atoms with Crippen molar-refractivity contribution in [2.75, 3.05) is 19.7 Å². The smallest absolute Gasteiger partial charge is 0.191 e. The topological polar surface area (TPSA) is 76.4 Å². The zero-order chi connectivity index (χ0) is 19.4. The molecule has 3 rings (SSSR count). The third-order valence-corrected chi connectivity index (χ3v) is 4.86. The normalized spacial score (nSPS) is 15.5. The third kappa shape index (κ3) is 6.64. The summed E-state index contributed by atoms with van der Waals surface area (Å²) >= 11 is 0. The summed E-state index contributed by atoms with van der Waals surface area (Å²) in [6, 6.07) is 4.03. The number of aliphatic imine (C=N–C) groups is 1. The van der Waals surface area contributed by atoms with Crippen molar-refractivity contribution in [2.24, 2.45) is 4.99 Å². The lowest BCUT2D eigenvalue weighted by atomic mass is 9.98. The lowest BCUT2D eigenvalue weighted by molar-refractivity contribution is 0.0277. The van der Waals surface area contributed by atoms with Gasteiger partial charge in [0.2, 0.25) is 0 Å². The SMILES string of the molecule is CCNC(=NCc1ccc(-n2ccnc2)nc1)NCCCOC1CCCCC1. The molecule has 0 spiro atoms. The Morgan fingerprint density at radius 1 is 1.25 bits per heavy atom. The summed E-state index contributed by atoms with van der Waals surface area (Å²) in [5.41, 5.74) is 1.07. The molecular formula is C21H32N6O. The molecule has 0 bridgehead atoms. The van der Waals surface area contributed by atoms with Crippen LogP contribution in [0.2, 0.25) is 0 Å². The molecule has 0 radical (unpaired) electrons. The number of ether oxygens (including phenoxy) is 1. The van der Waals surface area contributed by atoms with Crippen molar-refractivity contribution in [2.45, 2.75) is 58.1 Å². The molecular weight excluding hydrogens is 352 g/mol. The van der Waals surface area contributed by atoms with Crippen LogP contribution in [0.5, 0.6) is 0 Å². The average Bonchev–Trinajstić information content (AvgIpc) is 3.28. The van der Waals surface area contributed by atoms with Crippen LogP contribution in [0.25, 0.3) is 5.82 Å². The highest BCUT2D eigenvalue weighted by molar-refractivity contribution is 5.79. The number of aromatic nitrogens is 3. The number of rotatable bonds is 9. The first-order valence-corrected chi connectivity index (χ1v) is 10.4. The van der Waals surface area contributed by atoms with Crippen LogP contribution in [0.15, 0.2) is 42.0 Å². The maximum Gasteiger partial charge on any atom is 0.191 e. The van der Waals surface area contributed by atoms with Gasteiger partial charge in [0, 0.05) is 38.3 Å². The predicted octanol–water partition coefficient (Wildman–Crippen LogP) is 3.06. The van der Waals surface area contributed by atoms with E-state index in [0.29, 0.717) is 12.6 Å². The van der Waals surface area contributed by atoms with Gasteiger partial charge in [-0.2, -0.15) is 0 Å². The van der Waals surface area contributed by atoms with Crippen LogP contribution in [0.1, 0.15) is 51.0 Å². The minimum absolute atomic E-state index is 0.480. The van der Waals surface area contributed by atoms with E-state index in [9.17, 15) is 0 Å². The number of guanidine groups is 1. The summed E-state index contributed by atoms with van der Waals surface area (Å²) in [5.74, 6) is 1.69. The monoisotopic (exact) mass is 384 g/mol. The van der Waals surface area contributed by atoms with Crippen LogP contribution < -0.4 is 10.6 Å². The van der Waals surface area contributed by atoms with E-state index in [4.69, 9.17) is 4.74 Å². The Morgan fingerprint density at radius 3 is 2.86 bits per heavy atom. The van der Waals surface area contributed by atoms with Crippen molar-refractivity contribution in [3.63, 3.8) is 0 Å². The zero-order valence-corrected chi connectivity index (χ0v) is 16.8. The van der Waals surface area contributed by atoms with Gasteiger partial charge in [0.1, 0.15) is 12.1 Å². The number of nitrogens with one attached hydrogen (secondary N) is 2. The lowest BCUT2D eigenvalue weighted by Crippen LogP contribution is -2.38. The molecule has 2 N–H and O–H groups in total. The molecule has 2 aromatic heterocycles. The van der Waals surface area contributed by atoms with Gasteiger partial charge < -0.3 is 15.4 Å². The van der Waals surface area contributed by atoms with Gasteiger partial charge in [-0.25, -0.2) is 15.0 Å². The highest BCUT2D eigenvalue weighted by Crippen LogP contribution is 2.20. The summed E-state index contributed by atoms with van der Waals surface area (Å²) in [7, 11) is 0. The number of nitrogens with zero attached hydrogens (tertiary/aromatic N) is 4. The van der Waals surface area contributed by atoms with Crippen LogP contribution in [-0.2, 0) is 11.3 Å². The molecule has 7 nitrogen and oxygen atoms in total. The standard InChI is InChI=1S/C21H32N6O/c1-2-23-21(24-11-6-14-28-19-7-4-3-5-8-19)26-16-18-9-10-20(25-15-18)27-13-12-22-17-27/h9-10,12-13,15,17,19H,2-8,11,14,16H2,1H3,(H2,23,24,26). The molecule has 7 heteroatoms. The van der Waals surface area contributed by atoms with E-state index in [-0.39, 0.29) is 0 Å². The number of pyridine rings is 1. The fourth-order valence-corrected chi connectivity index (χ4v) is 3.33. The molecule has 0 saturated heterocycles. The Morgan fingerprint density at radius 2 is 2.14 bits per heavy atom. The van der Waals surface area contributed by atoms with Gasteiger partial charge in [-0.15, -0.1) is 0 Å². The van der Waals surface area contributed by atoms with Crippen molar-refractivity contribution < 1.29 is 4.74 Å². The Labute approximate surface area is 167 Å². The molecule has 2 aromatic rings. The molecule has 1 aliphatic rings. The van der Waals surface area contributed by atoms with E-state index in [2.05, 4.69) is 32.5 Å². The molecule has 1 saturated carbocycles. The predicted molar refractivity (Wildman–Crippen MR) is 112 cm³/mol. The minimum atomic E-state index is 0.480. The molecule has 0 aliphatic heterocycles. The molecule has 0 unspecified atom stereocenters. The van der Waals surface area contributed by atoms with E-state index < -0.39 is 0 Å². The Hall–Kier alpha value is -2.41. The number of hydrogen-bond donors (Lipinski definition) is 2. The second-order valence-electron chi connectivity index (χ2n) is 7.10. The van der Waals surface area contributed by atoms with Crippen LogP contribution in [0.4, 0.5) is 0 Å². The van der Waals surface area contributed by atoms with Gasteiger partial charge in [-0.3, -0.25) is 4.57 Å². The van der Waals surface area contributed by atoms with Crippen LogP contribution in [0.3, 0.4) is 0 Å². The fraction of sp³-hybridized carbons (Fsp3) is 0.571. The van der Waals surface area contributed by atoms with E-state index in [1.807, 2.05) is 29.1 Å². The largest absolute Gasteiger partial charge is 0.378 e. The summed E-state index contributed by atoms with van der Waals surface area (Å²) in [6.45, 7) is 5.17. The van der Waals surface area contributed by atoms with Crippen molar-refractivity contribution in [3.8, 4) is 5.82 Å². The first kappa shape index (κ1) is 20.3. The van der Waals surface area contributed by atoms with E-state index >= 15 is 0 Å². The third-order valence-electron chi connectivity index (χ3n) is 4.86. The van der Waals surface area contributed by atoms with E-state index in [0.717, 1.165) is 43.5 Å². The number of imidazole rings is 1. The number of hydrogen-bond acceptors (Lipinski definition) is 4. The van der Waals surface area contributed by atoms with Gasteiger partial charge in [-0.05, 0) is 37.8 Å². The molecule has 0 aromatic carbocycles. The fourth-order valence-electron chi connectivity index (χ4n) is 3.33. The second-order valence-corrected chi connectivity index (χ2v) is 7.10. The highest BCUT2D eigenvalue weighted by Gasteiger charge is 2.12. The first-order valence-electron chi connectivity index (χ1n) is 10.4. The molecule has 0 amide bonds. The maximum atomic E-state index is 5.98. The summed E-state index contributed by atoms with van der Waals surface area (Å²) in [4.78, 5) is 13.2. The van der Waals surface area contributed by atoms with Crippen LogP contribution in [-0.4, -0.2) is 46.3 Å². The summed E-state index contributed by atoms with van der Waals surface area (Å²) < 4.78 is 7.86. The van der Waals surface area contributed by atoms with E-state index in [1.54, 1.807) is 12.5 Å². The average molecular weight is 385 g/mol. The van der Waals surface area contributed by atoms with Gasteiger partial charge in [0.05, 0.1) is 12.6 Å². The van der Waals surface area contributed by atoms with Gasteiger partial charge >= 0.3 is 0 Å². The van der Waals surface area contributed by atoms with Gasteiger partial charge in [-0.1, -0.05) is 25.3 Å². The summed E-state index contributed by atoms with van der Waals surface area (Å²) in [5, 5.41) is 6.68. The van der Waals surface area contributed by atoms with Gasteiger partial charge in [0.25, 0.3) is 0 Å². The van der Waals surface area contributed by atoms with Crippen LogP contribution in [0, 0.1) is 0 Å². The minimum Gasteiger partial charge on any atom is -0.378 e. The zero-order valence-electron chi connectivity index (χ0n) is 16.8. The Balaban J connectivity index is 1.40. The molecule has 1 aliphatic carbocycles. The highest BCUT2D eigenvalue weighted by atomic mass is 16.5. The molecule has 0 atom stereocenters. The molecule has 1 fully saturated rings. The van der Waals surface area contributed by atoms with E-state index in [1.165, 1.54) is 32.1 Å². The van der Waals surface area contributed by atoms with Gasteiger partial charge in [0.15, 0.2) is 5.96 Å². The van der Waals surface area contributed by atoms with Crippen molar-refractivity contribution in [1.82, 2.24) is 25.2 Å². The molecule has 152 valence electrons. The molecule has 28 heavy (non-hydrogen) atoms. The van der Waals surface area contributed by atoms with Crippen molar-refractivity contribution in [3.05, 3.63) is 42.6 Å². The maximum absolute atomic E-state index is 5.98. The second kappa shape index (κ2) is 11.4. The first-order chi connectivity index (χ1) is 13.8. The molecule has 2 heterocycles. The van der Waals surface area contributed by atoms with Crippen molar-refractivity contribution >= 4 is 5.96 Å². The quantitative estimate of drug-likeness (QED) is 0.395. The summed E-state index contributed by atoms with van der Waals surface area (Å²) in [6.07, 6.45) is 15.2. The Bertz CT molecular complexity index is 692. The van der Waals surface area contributed by atoms with Crippen LogP contribution >= 0.6 is 0 Å². The van der Waals surface area contributed by atoms with Crippen molar-refractivity contribution in [1.29, 1.82) is 0 Å². The Kier molecular flexibility index (Phi) is 8.30. The lowest BCUT2D eigenvalue weighted by Gasteiger charge is -2.22.